The summed E-state index contributed by atoms with van der Waals surface area (Å²) in [5, 5.41) is 17.1. The Morgan fingerprint density at radius 3 is 1.95 bits per heavy atom. The van der Waals surface area contributed by atoms with Gasteiger partial charge in [0, 0.05) is 27.2 Å². The molecule has 42 heavy (non-hydrogen) atoms. The number of hydrogen-bond acceptors (Lipinski definition) is 3. The van der Waals surface area contributed by atoms with Gasteiger partial charge in [-0.3, -0.25) is 0 Å². The summed E-state index contributed by atoms with van der Waals surface area (Å²) in [6, 6.07) is 47.3. The number of hydrogen-bond donors (Lipinski definition) is 0. The molecule has 0 amide bonds. The van der Waals surface area contributed by atoms with Crippen molar-refractivity contribution in [3.05, 3.63) is 145 Å². The lowest BCUT2D eigenvalue weighted by atomic mass is 10.0. The normalized spacial score (nSPS) is 11.6. The zero-order valence-electron chi connectivity index (χ0n) is 23.5. The van der Waals surface area contributed by atoms with E-state index in [1.54, 1.807) is 4.80 Å². The van der Waals surface area contributed by atoms with Crippen LogP contribution in [-0.4, -0.2) is 15.0 Å². The van der Waals surface area contributed by atoms with E-state index in [0.29, 0.717) is 0 Å². The third kappa shape index (κ3) is 3.84. The fourth-order valence-corrected chi connectivity index (χ4v) is 6.13. The van der Waals surface area contributed by atoms with E-state index in [0.717, 1.165) is 49.9 Å². The highest BCUT2D eigenvalue weighted by Crippen LogP contribution is 2.44. The van der Waals surface area contributed by atoms with Gasteiger partial charge in [0.15, 0.2) is 0 Å². The van der Waals surface area contributed by atoms with Crippen molar-refractivity contribution in [2.45, 2.75) is 13.8 Å². The summed E-state index contributed by atoms with van der Waals surface area (Å²) in [6.45, 7) is 4.30. The van der Waals surface area contributed by atoms with Gasteiger partial charge in [-0.05, 0) is 60.5 Å². The summed E-state index contributed by atoms with van der Waals surface area (Å²) >= 11 is 0. The second-order valence-electron chi connectivity index (χ2n) is 10.9. The van der Waals surface area contributed by atoms with Crippen LogP contribution < -0.4 is 4.90 Å². The molecule has 0 unspecified atom stereocenters. The average Bonchev–Trinajstić information content (AvgIpc) is 3.47. The molecule has 0 radical (unpaired) electrons. The molecular formula is C38H28N4. The molecule has 0 bridgehead atoms. The molecule has 0 saturated heterocycles. The summed E-state index contributed by atoms with van der Waals surface area (Å²) in [5.74, 6) is 0. The van der Waals surface area contributed by atoms with Crippen LogP contribution in [-0.2, 0) is 0 Å². The third-order valence-corrected chi connectivity index (χ3v) is 8.25. The van der Waals surface area contributed by atoms with E-state index < -0.39 is 0 Å². The van der Waals surface area contributed by atoms with E-state index >= 15 is 0 Å². The predicted molar refractivity (Wildman–Crippen MR) is 176 cm³/mol. The topological polar surface area (TPSA) is 34.0 Å². The Morgan fingerprint density at radius 2 is 1.17 bits per heavy atom. The standard InChI is InChI=1S/C38H28N4/c1-25-18-21-28(22-19-25)41(35-23-20-26(2)29-12-5-6-14-31(29)35)37-24-34-38(33-16-8-7-15-32(33)37)40-42(39-34)36-17-9-11-27-10-3-4-13-30(27)36/h3-24H,1-2H3. The first-order valence-electron chi connectivity index (χ1n) is 14.3. The van der Waals surface area contributed by atoms with Crippen molar-refractivity contribution in [3.8, 4) is 5.69 Å². The van der Waals surface area contributed by atoms with Gasteiger partial charge in [0.1, 0.15) is 11.0 Å². The zero-order chi connectivity index (χ0) is 28.2. The first kappa shape index (κ1) is 24.3. The highest BCUT2D eigenvalue weighted by Gasteiger charge is 2.21. The maximum Gasteiger partial charge on any atom is 0.121 e. The molecule has 0 fully saturated rings. The van der Waals surface area contributed by atoms with E-state index in [9.17, 15) is 0 Å². The Morgan fingerprint density at radius 1 is 0.524 bits per heavy atom. The molecule has 4 heteroatoms. The Kier molecular flexibility index (Phi) is 5.54. The van der Waals surface area contributed by atoms with Gasteiger partial charge in [-0.25, -0.2) is 0 Å². The number of rotatable bonds is 4. The van der Waals surface area contributed by atoms with Crippen LogP contribution in [0.2, 0.25) is 0 Å². The van der Waals surface area contributed by atoms with Crippen LogP contribution in [0, 0.1) is 13.8 Å². The molecule has 0 saturated carbocycles. The van der Waals surface area contributed by atoms with E-state index in [1.807, 2.05) is 0 Å². The molecule has 8 aromatic rings. The number of benzene rings is 7. The Hall–Kier alpha value is -5.48. The fraction of sp³-hybridized carbons (Fsp3) is 0.0526. The Balaban J connectivity index is 1.43. The van der Waals surface area contributed by atoms with E-state index in [1.165, 1.54) is 27.3 Å². The molecule has 8 rings (SSSR count). The summed E-state index contributed by atoms with van der Waals surface area (Å²) in [7, 11) is 0. The molecule has 0 atom stereocenters. The molecule has 0 aliphatic rings. The molecule has 1 aromatic heterocycles. The minimum absolute atomic E-state index is 0.852. The highest BCUT2D eigenvalue weighted by molar-refractivity contribution is 6.13. The van der Waals surface area contributed by atoms with E-state index in [4.69, 9.17) is 10.2 Å². The van der Waals surface area contributed by atoms with E-state index in [2.05, 4.69) is 152 Å². The van der Waals surface area contributed by atoms with Crippen molar-refractivity contribution in [1.82, 2.24) is 15.0 Å². The lowest BCUT2D eigenvalue weighted by Crippen LogP contribution is -2.11. The van der Waals surface area contributed by atoms with Gasteiger partial charge in [-0.1, -0.05) is 109 Å². The number of nitrogens with zero attached hydrogens (tertiary/aromatic N) is 4. The molecule has 4 nitrogen and oxygen atoms in total. The summed E-state index contributed by atoms with van der Waals surface area (Å²) in [6.07, 6.45) is 0. The van der Waals surface area contributed by atoms with Gasteiger partial charge in [0.2, 0.25) is 0 Å². The Labute approximate surface area is 244 Å². The maximum atomic E-state index is 5.08. The van der Waals surface area contributed by atoms with Gasteiger partial charge < -0.3 is 4.90 Å². The van der Waals surface area contributed by atoms with Gasteiger partial charge in [0.25, 0.3) is 0 Å². The summed E-state index contributed by atoms with van der Waals surface area (Å²) in [4.78, 5) is 4.17. The van der Waals surface area contributed by atoms with Crippen LogP contribution in [0.4, 0.5) is 17.1 Å². The van der Waals surface area contributed by atoms with Gasteiger partial charge in [-0.15, -0.1) is 15.0 Å². The number of aromatic nitrogens is 3. The second kappa shape index (κ2) is 9.57. The zero-order valence-corrected chi connectivity index (χ0v) is 23.5. The summed E-state index contributed by atoms with van der Waals surface area (Å²) in [5.41, 5.74) is 8.50. The maximum absolute atomic E-state index is 5.08. The number of fused-ring (bicyclic) bond motifs is 5. The van der Waals surface area contributed by atoms with Crippen LogP contribution in [0.5, 0.6) is 0 Å². The van der Waals surface area contributed by atoms with Crippen molar-refractivity contribution in [2.75, 3.05) is 4.90 Å². The van der Waals surface area contributed by atoms with Crippen LogP contribution in [0.1, 0.15) is 11.1 Å². The highest BCUT2D eigenvalue weighted by atomic mass is 15.5. The molecule has 200 valence electrons. The molecule has 0 aliphatic carbocycles. The van der Waals surface area contributed by atoms with Crippen molar-refractivity contribution >= 4 is 60.4 Å². The van der Waals surface area contributed by atoms with Crippen LogP contribution in [0.3, 0.4) is 0 Å². The van der Waals surface area contributed by atoms with Gasteiger partial charge >= 0.3 is 0 Å². The first-order chi connectivity index (χ1) is 20.7. The lowest BCUT2D eigenvalue weighted by molar-refractivity contribution is 0.772. The quantitative estimate of drug-likeness (QED) is 0.223. The first-order valence-corrected chi connectivity index (χ1v) is 14.3. The van der Waals surface area contributed by atoms with Crippen LogP contribution in [0.25, 0.3) is 49.0 Å². The predicted octanol–water partition coefficient (Wildman–Crippen LogP) is 9.97. The third-order valence-electron chi connectivity index (χ3n) is 8.25. The smallest absolute Gasteiger partial charge is 0.121 e. The minimum Gasteiger partial charge on any atom is -0.309 e. The Bertz CT molecular complexity index is 2270. The van der Waals surface area contributed by atoms with Crippen molar-refractivity contribution in [2.24, 2.45) is 0 Å². The van der Waals surface area contributed by atoms with E-state index in [-0.39, 0.29) is 0 Å². The monoisotopic (exact) mass is 540 g/mol. The minimum atomic E-state index is 0.852. The molecular weight excluding hydrogens is 512 g/mol. The summed E-state index contributed by atoms with van der Waals surface area (Å²) < 4.78 is 0. The molecule has 0 spiro atoms. The van der Waals surface area contributed by atoms with Gasteiger partial charge in [0.05, 0.1) is 17.1 Å². The van der Waals surface area contributed by atoms with Gasteiger partial charge in [-0.2, -0.15) is 0 Å². The number of aryl methyl sites for hydroxylation is 2. The lowest BCUT2D eigenvalue weighted by Gasteiger charge is -2.28. The van der Waals surface area contributed by atoms with Crippen molar-refractivity contribution in [1.29, 1.82) is 0 Å². The molecule has 0 N–H and O–H groups in total. The largest absolute Gasteiger partial charge is 0.309 e. The van der Waals surface area contributed by atoms with Crippen molar-refractivity contribution in [3.63, 3.8) is 0 Å². The van der Waals surface area contributed by atoms with Crippen molar-refractivity contribution < 1.29 is 0 Å². The van der Waals surface area contributed by atoms with Crippen LogP contribution in [0.15, 0.2) is 133 Å². The molecule has 7 aromatic carbocycles. The second-order valence-corrected chi connectivity index (χ2v) is 10.9. The SMILES string of the molecule is Cc1ccc(N(c2ccc(C)c3ccccc23)c2cc3nn(-c4cccc5ccccc45)nc3c3ccccc23)cc1. The fourth-order valence-electron chi connectivity index (χ4n) is 6.13. The van der Waals surface area contributed by atoms with Crippen LogP contribution >= 0.6 is 0 Å². The average molecular weight is 541 g/mol. The number of anilines is 3. The molecule has 0 aliphatic heterocycles. The molecule has 1 heterocycles.